The van der Waals surface area contributed by atoms with Crippen molar-refractivity contribution in [2.24, 2.45) is 0 Å². The molecule has 1 aliphatic rings. The van der Waals surface area contributed by atoms with Crippen LogP contribution in [0.2, 0.25) is 0 Å². The van der Waals surface area contributed by atoms with Gasteiger partial charge in [0.05, 0.1) is 11.8 Å². The van der Waals surface area contributed by atoms with Crippen LogP contribution in [0.25, 0.3) is 0 Å². The van der Waals surface area contributed by atoms with E-state index < -0.39 is 0 Å². The highest BCUT2D eigenvalue weighted by Crippen LogP contribution is 2.21. The summed E-state index contributed by atoms with van der Waals surface area (Å²) in [7, 11) is 0. The Hall–Kier alpha value is -1.99. The van der Waals surface area contributed by atoms with Crippen LogP contribution in [0, 0.1) is 0 Å². The third kappa shape index (κ3) is 4.05. The van der Waals surface area contributed by atoms with E-state index in [1.54, 1.807) is 0 Å². The molecule has 122 valence electrons. The van der Waals surface area contributed by atoms with Gasteiger partial charge in [0, 0.05) is 18.4 Å². The SMILES string of the molecule is CCc1nnsc1C(=O)Nc1cccc(OC[C@H]2CCCO2)c1. The Balaban J connectivity index is 1.61. The maximum Gasteiger partial charge on any atom is 0.269 e. The zero-order valence-electron chi connectivity index (χ0n) is 12.9. The zero-order valence-corrected chi connectivity index (χ0v) is 13.8. The minimum Gasteiger partial charge on any atom is -0.491 e. The summed E-state index contributed by atoms with van der Waals surface area (Å²) in [4.78, 5) is 12.8. The van der Waals surface area contributed by atoms with Gasteiger partial charge in [0.25, 0.3) is 5.91 Å². The highest BCUT2D eigenvalue weighted by atomic mass is 32.1. The third-order valence-corrected chi connectivity index (χ3v) is 4.42. The lowest BCUT2D eigenvalue weighted by Gasteiger charge is -2.12. The van der Waals surface area contributed by atoms with Crippen LogP contribution in [-0.4, -0.2) is 34.8 Å². The number of ether oxygens (including phenoxy) is 2. The number of benzene rings is 1. The molecular formula is C16H19N3O3S. The maximum absolute atomic E-state index is 12.3. The number of hydrogen-bond donors (Lipinski definition) is 1. The van der Waals surface area contributed by atoms with Crippen LogP contribution >= 0.6 is 11.5 Å². The molecule has 1 N–H and O–H groups in total. The lowest BCUT2D eigenvalue weighted by atomic mass is 10.2. The molecule has 23 heavy (non-hydrogen) atoms. The number of nitrogens with one attached hydrogen (secondary N) is 1. The van der Waals surface area contributed by atoms with Crippen molar-refractivity contribution in [1.82, 2.24) is 9.59 Å². The summed E-state index contributed by atoms with van der Waals surface area (Å²) in [6.45, 7) is 3.30. The molecule has 0 spiro atoms. The summed E-state index contributed by atoms with van der Waals surface area (Å²) < 4.78 is 15.1. The van der Waals surface area contributed by atoms with E-state index in [0.717, 1.165) is 42.4 Å². The molecule has 0 bridgehead atoms. The molecule has 6 nitrogen and oxygen atoms in total. The highest BCUT2D eigenvalue weighted by Gasteiger charge is 2.17. The van der Waals surface area contributed by atoms with Crippen LogP contribution in [0.1, 0.15) is 35.1 Å². The third-order valence-electron chi connectivity index (χ3n) is 3.65. The number of aryl methyl sites for hydroxylation is 1. The molecule has 2 heterocycles. The van der Waals surface area contributed by atoms with Crippen molar-refractivity contribution in [1.29, 1.82) is 0 Å². The number of rotatable bonds is 6. The van der Waals surface area contributed by atoms with E-state index >= 15 is 0 Å². The second kappa shape index (κ2) is 7.52. The Bertz CT molecular complexity index is 668. The van der Waals surface area contributed by atoms with Gasteiger partial charge in [-0.3, -0.25) is 4.79 Å². The van der Waals surface area contributed by atoms with Crippen LogP contribution < -0.4 is 10.1 Å². The molecule has 1 saturated heterocycles. The van der Waals surface area contributed by atoms with Crippen molar-refractivity contribution in [3.8, 4) is 5.75 Å². The van der Waals surface area contributed by atoms with Crippen LogP contribution in [0.15, 0.2) is 24.3 Å². The highest BCUT2D eigenvalue weighted by molar-refractivity contribution is 7.08. The number of carbonyl (C=O) groups is 1. The fraction of sp³-hybridized carbons (Fsp3) is 0.438. The molecule has 0 saturated carbocycles. The number of hydrogen-bond acceptors (Lipinski definition) is 6. The van der Waals surface area contributed by atoms with Crippen LogP contribution in [0.3, 0.4) is 0 Å². The van der Waals surface area contributed by atoms with Gasteiger partial charge >= 0.3 is 0 Å². The molecule has 3 rings (SSSR count). The van der Waals surface area contributed by atoms with Gasteiger partial charge in [0.2, 0.25) is 0 Å². The molecule has 0 aliphatic carbocycles. The first-order valence-corrected chi connectivity index (χ1v) is 8.50. The number of aromatic nitrogens is 2. The fourth-order valence-electron chi connectivity index (χ4n) is 2.43. The summed E-state index contributed by atoms with van der Waals surface area (Å²) in [6.07, 6.45) is 2.98. The Labute approximate surface area is 139 Å². The molecule has 0 unspecified atom stereocenters. The maximum atomic E-state index is 12.3. The quantitative estimate of drug-likeness (QED) is 0.880. The van der Waals surface area contributed by atoms with Crippen molar-refractivity contribution < 1.29 is 14.3 Å². The molecule has 7 heteroatoms. The first-order chi connectivity index (χ1) is 11.3. The van der Waals surface area contributed by atoms with Crippen molar-refractivity contribution in [2.75, 3.05) is 18.5 Å². The number of anilines is 1. The summed E-state index contributed by atoms with van der Waals surface area (Å²) in [5.41, 5.74) is 1.41. The predicted molar refractivity (Wildman–Crippen MR) is 88.2 cm³/mol. The van der Waals surface area contributed by atoms with Gasteiger partial charge < -0.3 is 14.8 Å². The molecule has 1 atom stereocenters. The van der Waals surface area contributed by atoms with Gasteiger partial charge in [-0.25, -0.2) is 0 Å². The molecule has 0 radical (unpaired) electrons. The number of carbonyl (C=O) groups excluding carboxylic acids is 1. The van der Waals surface area contributed by atoms with Gasteiger partial charge in [0.1, 0.15) is 17.2 Å². The van der Waals surface area contributed by atoms with Gasteiger partial charge in [-0.1, -0.05) is 17.5 Å². The van der Waals surface area contributed by atoms with E-state index in [1.807, 2.05) is 31.2 Å². The van der Waals surface area contributed by atoms with Crippen molar-refractivity contribution >= 4 is 23.1 Å². The monoisotopic (exact) mass is 333 g/mol. The Morgan fingerprint density at radius 3 is 3.22 bits per heavy atom. The first kappa shape index (κ1) is 15.9. The standard InChI is InChI=1S/C16H19N3O3S/c1-2-14-15(23-19-18-14)16(20)17-11-5-3-6-12(9-11)22-10-13-7-4-8-21-13/h3,5-6,9,13H,2,4,7-8,10H2,1H3,(H,17,20)/t13-/m1/s1. The second-order valence-corrected chi connectivity index (χ2v) is 6.08. The minimum absolute atomic E-state index is 0.170. The summed E-state index contributed by atoms with van der Waals surface area (Å²) in [5, 5.41) is 6.83. The fourth-order valence-corrected chi connectivity index (χ4v) is 3.07. The van der Waals surface area contributed by atoms with Crippen LogP contribution in [-0.2, 0) is 11.2 Å². The Morgan fingerprint density at radius 2 is 2.43 bits per heavy atom. The molecular weight excluding hydrogens is 314 g/mol. The van der Waals surface area contributed by atoms with Crippen molar-refractivity contribution in [2.45, 2.75) is 32.3 Å². The van der Waals surface area contributed by atoms with E-state index in [9.17, 15) is 4.79 Å². The summed E-state index contributed by atoms with van der Waals surface area (Å²) in [5.74, 6) is 0.532. The van der Waals surface area contributed by atoms with E-state index in [1.165, 1.54) is 0 Å². The number of nitrogens with zero attached hydrogens (tertiary/aromatic N) is 2. The largest absolute Gasteiger partial charge is 0.491 e. The average molecular weight is 333 g/mol. The molecule has 2 aromatic rings. The first-order valence-electron chi connectivity index (χ1n) is 7.73. The van der Waals surface area contributed by atoms with Gasteiger partial charge in [-0.05, 0) is 42.9 Å². The topological polar surface area (TPSA) is 73.3 Å². The molecule has 1 aliphatic heterocycles. The van der Waals surface area contributed by atoms with E-state index in [4.69, 9.17) is 9.47 Å². The molecule has 1 fully saturated rings. The molecule has 1 aromatic heterocycles. The molecule has 1 aromatic carbocycles. The van der Waals surface area contributed by atoms with Crippen molar-refractivity contribution in [3.63, 3.8) is 0 Å². The number of amides is 1. The average Bonchev–Trinajstić information content (AvgIpc) is 3.24. The smallest absolute Gasteiger partial charge is 0.269 e. The minimum atomic E-state index is -0.187. The van der Waals surface area contributed by atoms with Crippen LogP contribution in [0.4, 0.5) is 5.69 Å². The van der Waals surface area contributed by atoms with Gasteiger partial charge in [-0.15, -0.1) is 5.10 Å². The summed E-state index contributed by atoms with van der Waals surface area (Å²) >= 11 is 1.11. The lowest BCUT2D eigenvalue weighted by molar-refractivity contribution is 0.0680. The predicted octanol–water partition coefficient (Wildman–Crippen LogP) is 2.91. The van der Waals surface area contributed by atoms with Gasteiger partial charge in [0.15, 0.2) is 0 Å². The van der Waals surface area contributed by atoms with Crippen LogP contribution in [0.5, 0.6) is 5.75 Å². The normalized spacial score (nSPS) is 17.2. The van der Waals surface area contributed by atoms with Crippen molar-refractivity contribution in [3.05, 3.63) is 34.8 Å². The summed E-state index contributed by atoms with van der Waals surface area (Å²) in [6, 6.07) is 7.37. The molecule has 1 amide bonds. The Morgan fingerprint density at radius 1 is 1.52 bits per heavy atom. The lowest BCUT2D eigenvalue weighted by Crippen LogP contribution is -2.16. The van der Waals surface area contributed by atoms with Gasteiger partial charge in [-0.2, -0.15) is 0 Å². The van der Waals surface area contributed by atoms with E-state index in [0.29, 0.717) is 23.6 Å². The Kier molecular flexibility index (Phi) is 5.19. The zero-order chi connectivity index (χ0) is 16.1. The van der Waals surface area contributed by atoms with E-state index in [-0.39, 0.29) is 12.0 Å². The second-order valence-electron chi connectivity index (χ2n) is 5.33. The van der Waals surface area contributed by atoms with E-state index in [2.05, 4.69) is 14.9 Å².